The van der Waals surface area contributed by atoms with Gasteiger partial charge in [-0.25, -0.2) is 0 Å². The highest BCUT2D eigenvalue weighted by Crippen LogP contribution is 2.13. The summed E-state index contributed by atoms with van der Waals surface area (Å²) in [6, 6.07) is 19.4. The molecule has 0 fully saturated rings. The summed E-state index contributed by atoms with van der Waals surface area (Å²) in [4.78, 5) is 0. The summed E-state index contributed by atoms with van der Waals surface area (Å²) in [6.07, 6.45) is -1.51. The Morgan fingerprint density at radius 1 is 0.917 bits per heavy atom. The van der Waals surface area contributed by atoms with Gasteiger partial charge in [0.05, 0.1) is 26.4 Å². The van der Waals surface area contributed by atoms with Crippen molar-refractivity contribution in [2.24, 2.45) is 0 Å². The van der Waals surface area contributed by atoms with Gasteiger partial charge in [-0.2, -0.15) is 0 Å². The summed E-state index contributed by atoms with van der Waals surface area (Å²) in [5, 5.41) is 19.7. The minimum atomic E-state index is -0.887. The van der Waals surface area contributed by atoms with Crippen LogP contribution in [-0.2, 0) is 22.7 Å². The van der Waals surface area contributed by atoms with Gasteiger partial charge in [0.1, 0.15) is 12.2 Å². The third-order valence-corrected chi connectivity index (χ3v) is 3.69. The normalized spacial score (nSPS) is 13.4. The fraction of sp³-hybridized carbons (Fsp3) is 0.300. The SMILES string of the molecule is C=C([C@H](O)COCc1ccccc1)[C@H](CO)OCc1ccccc1. The Hall–Kier alpha value is -1.98. The van der Waals surface area contributed by atoms with Crippen LogP contribution < -0.4 is 0 Å². The Morgan fingerprint density at radius 2 is 1.46 bits per heavy atom. The molecule has 2 atom stereocenters. The predicted octanol–water partition coefficient (Wildman–Crippen LogP) is 2.70. The highest BCUT2D eigenvalue weighted by Gasteiger charge is 2.19. The molecule has 0 aliphatic carbocycles. The van der Waals surface area contributed by atoms with E-state index in [1.165, 1.54) is 0 Å². The van der Waals surface area contributed by atoms with E-state index in [9.17, 15) is 10.2 Å². The minimum Gasteiger partial charge on any atom is -0.393 e. The molecule has 0 radical (unpaired) electrons. The maximum Gasteiger partial charge on any atom is 0.104 e. The largest absolute Gasteiger partial charge is 0.393 e. The van der Waals surface area contributed by atoms with E-state index < -0.39 is 12.2 Å². The second-order valence-electron chi connectivity index (χ2n) is 5.56. The molecule has 0 aliphatic rings. The lowest BCUT2D eigenvalue weighted by Gasteiger charge is -2.22. The molecule has 2 aromatic rings. The lowest BCUT2D eigenvalue weighted by atomic mass is 10.1. The van der Waals surface area contributed by atoms with Crippen LogP contribution in [0.25, 0.3) is 0 Å². The fourth-order valence-corrected chi connectivity index (χ4v) is 2.23. The predicted molar refractivity (Wildman–Crippen MR) is 93.3 cm³/mol. The molecule has 4 heteroatoms. The lowest BCUT2D eigenvalue weighted by Crippen LogP contribution is -2.30. The molecule has 0 saturated carbocycles. The van der Waals surface area contributed by atoms with Crippen molar-refractivity contribution >= 4 is 0 Å². The summed E-state index contributed by atoms with van der Waals surface area (Å²) in [5.74, 6) is 0. The molecule has 2 aromatic carbocycles. The summed E-state index contributed by atoms with van der Waals surface area (Å²) < 4.78 is 11.2. The Morgan fingerprint density at radius 3 is 2.00 bits per heavy atom. The molecule has 0 heterocycles. The van der Waals surface area contributed by atoms with E-state index in [0.717, 1.165) is 11.1 Å². The quantitative estimate of drug-likeness (QED) is 0.659. The summed E-state index contributed by atoms with van der Waals surface area (Å²) in [5.41, 5.74) is 2.45. The van der Waals surface area contributed by atoms with Crippen LogP contribution in [0.1, 0.15) is 11.1 Å². The molecular formula is C20H24O4. The van der Waals surface area contributed by atoms with Crippen molar-refractivity contribution in [3.8, 4) is 0 Å². The Kier molecular flexibility index (Phi) is 7.65. The number of benzene rings is 2. The molecule has 24 heavy (non-hydrogen) atoms. The zero-order valence-corrected chi connectivity index (χ0v) is 13.7. The zero-order valence-electron chi connectivity index (χ0n) is 13.7. The van der Waals surface area contributed by atoms with Crippen molar-refractivity contribution in [2.75, 3.05) is 13.2 Å². The highest BCUT2D eigenvalue weighted by atomic mass is 16.5. The number of aliphatic hydroxyl groups is 2. The van der Waals surface area contributed by atoms with Gasteiger partial charge in [0.15, 0.2) is 0 Å². The van der Waals surface area contributed by atoms with Gasteiger partial charge in [0, 0.05) is 0 Å². The van der Waals surface area contributed by atoms with Crippen LogP contribution >= 0.6 is 0 Å². The third-order valence-electron chi connectivity index (χ3n) is 3.69. The van der Waals surface area contributed by atoms with Crippen molar-refractivity contribution in [2.45, 2.75) is 25.4 Å². The van der Waals surface area contributed by atoms with Crippen LogP contribution in [0, 0.1) is 0 Å². The maximum atomic E-state index is 10.2. The first-order valence-electron chi connectivity index (χ1n) is 7.95. The van der Waals surface area contributed by atoms with Crippen LogP contribution in [0.2, 0.25) is 0 Å². The molecule has 0 spiro atoms. The lowest BCUT2D eigenvalue weighted by molar-refractivity contribution is -0.00740. The van der Waals surface area contributed by atoms with Gasteiger partial charge in [0.2, 0.25) is 0 Å². The second kappa shape index (κ2) is 10.0. The van der Waals surface area contributed by atoms with Crippen molar-refractivity contribution < 1.29 is 19.7 Å². The van der Waals surface area contributed by atoms with Crippen molar-refractivity contribution in [1.29, 1.82) is 0 Å². The molecule has 0 aromatic heterocycles. The minimum absolute atomic E-state index is 0.110. The number of hydrogen-bond acceptors (Lipinski definition) is 4. The van der Waals surface area contributed by atoms with Gasteiger partial charge in [-0.15, -0.1) is 0 Å². The third kappa shape index (κ3) is 5.91. The fourth-order valence-electron chi connectivity index (χ4n) is 2.23. The second-order valence-corrected chi connectivity index (χ2v) is 5.56. The molecule has 0 aliphatic heterocycles. The van der Waals surface area contributed by atoms with Crippen molar-refractivity contribution in [1.82, 2.24) is 0 Å². The van der Waals surface area contributed by atoms with Gasteiger partial charge in [0.25, 0.3) is 0 Å². The van der Waals surface area contributed by atoms with E-state index in [4.69, 9.17) is 9.47 Å². The van der Waals surface area contributed by atoms with E-state index in [-0.39, 0.29) is 13.2 Å². The zero-order chi connectivity index (χ0) is 17.2. The molecule has 128 valence electrons. The number of rotatable bonds is 10. The number of hydrogen-bond donors (Lipinski definition) is 2. The maximum absolute atomic E-state index is 10.2. The van der Waals surface area contributed by atoms with Gasteiger partial charge in [-0.05, 0) is 16.7 Å². The van der Waals surface area contributed by atoms with Crippen LogP contribution in [0.5, 0.6) is 0 Å². The van der Waals surface area contributed by atoms with E-state index in [1.54, 1.807) is 0 Å². The van der Waals surface area contributed by atoms with E-state index in [2.05, 4.69) is 6.58 Å². The summed E-state index contributed by atoms with van der Waals surface area (Å²) >= 11 is 0. The molecule has 0 unspecified atom stereocenters. The van der Waals surface area contributed by atoms with Gasteiger partial charge >= 0.3 is 0 Å². The van der Waals surface area contributed by atoms with Crippen molar-refractivity contribution in [3.05, 3.63) is 83.9 Å². The molecule has 0 saturated heterocycles. The smallest absolute Gasteiger partial charge is 0.104 e. The number of ether oxygens (including phenoxy) is 2. The van der Waals surface area contributed by atoms with Gasteiger partial charge < -0.3 is 19.7 Å². The summed E-state index contributed by atoms with van der Waals surface area (Å²) in [7, 11) is 0. The highest BCUT2D eigenvalue weighted by molar-refractivity contribution is 5.15. The van der Waals surface area contributed by atoms with Crippen LogP contribution in [0.3, 0.4) is 0 Å². The average molecular weight is 328 g/mol. The Labute approximate surface area is 143 Å². The monoisotopic (exact) mass is 328 g/mol. The summed E-state index contributed by atoms with van der Waals surface area (Å²) in [6.45, 7) is 4.49. The molecule has 4 nitrogen and oxygen atoms in total. The first-order valence-corrected chi connectivity index (χ1v) is 7.95. The van der Waals surface area contributed by atoms with E-state index in [0.29, 0.717) is 18.8 Å². The molecule has 2 rings (SSSR count). The van der Waals surface area contributed by atoms with Crippen LogP contribution in [-0.4, -0.2) is 35.6 Å². The molecule has 0 bridgehead atoms. The standard InChI is InChI=1S/C20H24O4/c1-16(19(22)15-23-13-17-8-4-2-5-9-17)20(12-21)24-14-18-10-6-3-7-11-18/h2-11,19-22H,1,12-15H2/t19-,20+/m1/s1. The molecule has 0 amide bonds. The van der Waals surface area contributed by atoms with E-state index in [1.807, 2.05) is 60.7 Å². The number of aliphatic hydroxyl groups excluding tert-OH is 2. The Bertz CT molecular complexity index is 598. The average Bonchev–Trinajstić information content (AvgIpc) is 2.63. The first-order chi connectivity index (χ1) is 11.7. The van der Waals surface area contributed by atoms with Gasteiger partial charge in [-0.3, -0.25) is 0 Å². The van der Waals surface area contributed by atoms with Crippen LogP contribution in [0.4, 0.5) is 0 Å². The van der Waals surface area contributed by atoms with E-state index >= 15 is 0 Å². The van der Waals surface area contributed by atoms with Gasteiger partial charge in [-0.1, -0.05) is 67.2 Å². The van der Waals surface area contributed by atoms with Crippen molar-refractivity contribution in [3.63, 3.8) is 0 Å². The topological polar surface area (TPSA) is 58.9 Å². The molecular weight excluding hydrogens is 304 g/mol. The Balaban J connectivity index is 1.76. The first kappa shape index (κ1) is 18.4. The van der Waals surface area contributed by atoms with Crippen LogP contribution in [0.15, 0.2) is 72.8 Å². The molecule has 2 N–H and O–H groups in total.